The van der Waals surface area contributed by atoms with Gasteiger partial charge in [0.25, 0.3) is 5.24 Å². The largest absolute Gasteiger partial charge is 0.493 e. The minimum Gasteiger partial charge on any atom is -0.493 e. The van der Waals surface area contributed by atoms with Crippen LogP contribution in [0.1, 0.15) is 56.5 Å². The summed E-state index contributed by atoms with van der Waals surface area (Å²) in [6, 6.07) is 11.4. The molecule has 0 bridgehead atoms. The molecule has 2 aromatic rings. The van der Waals surface area contributed by atoms with E-state index in [1.165, 1.54) is 0 Å². The number of imide groups is 1. The van der Waals surface area contributed by atoms with Crippen molar-refractivity contribution >= 4 is 28.9 Å². The van der Waals surface area contributed by atoms with Crippen molar-refractivity contribution in [3.05, 3.63) is 59.4 Å². The predicted molar refractivity (Wildman–Crippen MR) is 123 cm³/mol. The van der Waals surface area contributed by atoms with Crippen molar-refractivity contribution in [2.75, 3.05) is 6.61 Å². The van der Waals surface area contributed by atoms with Crippen LogP contribution in [-0.4, -0.2) is 33.5 Å². The standard InChI is InChI=1S/C24H28N2O5S/c1-4-5-21(27)31-16(2)18-8-9-19(25-15-18)12-13-30-20-10-6-17(7-11-20)14-24(3)22(28)26-23(29)32-24/h6-11,15-16H,4-5,12-14H2,1-3H3,(H,26,28,29)/t16-,24?/m1/s1. The number of nitrogens with zero attached hydrogens (tertiary/aromatic N) is 1. The van der Waals surface area contributed by atoms with Crippen LogP contribution in [0.25, 0.3) is 0 Å². The normalized spacial score (nSPS) is 18.8. The van der Waals surface area contributed by atoms with Gasteiger partial charge in [0, 0.05) is 30.3 Å². The van der Waals surface area contributed by atoms with Gasteiger partial charge in [0.1, 0.15) is 16.6 Å². The number of ether oxygens (including phenoxy) is 2. The molecule has 1 fully saturated rings. The maximum absolute atomic E-state index is 12.0. The molecule has 8 heteroatoms. The summed E-state index contributed by atoms with van der Waals surface area (Å²) < 4.78 is 10.4. The molecule has 0 aliphatic carbocycles. The summed E-state index contributed by atoms with van der Waals surface area (Å²) in [5.74, 6) is 0.280. The summed E-state index contributed by atoms with van der Waals surface area (Å²) in [6.07, 6.45) is 3.71. The van der Waals surface area contributed by atoms with E-state index in [0.29, 0.717) is 25.9 Å². The molecule has 1 aromatic heterocycles. The lowest BCUT2D eigenvalue weighted by atomic mass is 9.99. The Morgan fingerprint density at radius 3 is 2.53 bits per heavy atom. The van der Waals surface area contributed by atoms with Gasteiger partial charge in [0.05, 0.1) is 6.61 Å². The molecule has 1 saturated heterocycles. The fourth-order valence-electron chi connectivity index (χ4n) is 3.34. The summed E-state index contributed by atoms with van der Waals surface area (Å²) in [5.41, 5.74) is 2.71. The fourth-order valence-corrected chi connectivity index (χ4v) is 4.27. The second kappa shape index (κ2) is 10.6. The molecule has 2 atom stereocenters. The first-order valence-corrected chi connectivity index (χ1v) is 11.5. The SMILES string of the molecule is CCCC(=O)O[C@H](C)c1ccc(CCOc2ccc(CC3(C)SC(=O)NC3=O)cc2)nc1. The van der Waals surface area contributed by atoms with Crippen LogP contribution < -0.4 is 10.1 Å². The average molecular weight is 457 g/mol. The summed E-state index contributed by atoms with van der Waals surface area (Å²) in [4.78, 5) is 39.5. The topological polar surface area (TPSA) is 94.6 Å². The molecule has 1 aliphatic rings. The molecule has 0 radical (unpaired) electrons. The number of thioether (sulfide) groups is 1. The second-order valence-electron chi connectivity index (χ2n) is 7.96. The van der Waals surface area contributed by atoms with Crippen molar-refractivity contribution < 1.29 is 23.9 Å². The summed E-state index contributed by atoms with van der Waals surface area (Å²) in [6.45, 7) is 6.03. The van der Waals surface area contributed by atoms with E-state index in [-0.39, 0.29) is 23.2 Å². The quantitative estimate of drug-likeness (QED) is 0.530. The third-order valence-electron chi connectivity index (χ3n) is 5.18. The Balaban J connectivity index is 1.46. The van der Waals surface area contributed by atoms with Crippen molar-refractivity contribution in [1.82, 2.24) is 10.3 Å². The van der Waals surface area contributed by atoms with Gasteiger partial charge in [-0.1, -0.05) is 25.1 Å². The van der Waals surface area contributed by atoms with Crippen LogP contribution in [0, 0.1) is 0 Å². The lowest BCUT2D eigenvalue weighted by Gasteiger charge is -2.18. The highest BCUT2D eigenvalue weighted by Crippen LogP contribution is 2.34. The molecule has 2 amide bonds. The number of esters is 1. The number of hydrogen-bond donors (Lipinski definition) is 1. The molecular weight excluding hydrogens is 428 g/mol. The number of carbonyl (C=O) groups is 3. The summed E-state index contributed by atoms with van der Waals surface area (Å²) >= 11 is 1.03. The van der Waals surface area contributed by atoms with Crippen molar-refractivity contribution in [2.24, 2.45) is 0 Å². The number of pyridine rings is 1. The molecular formula is C24H28N2O5S. The molecule has 0 saturated carbocycles. The highest BCUT2D eigenvalue weighted by Gasteiger charge is 2.43. The first-order chi connectivity index (χ1) is 15.3. The Morgan fingerprint density at radius 1 is 1.19 bits per heavy atom. The third kappa shape index (κ3) is 6.32. The summed E-state index contributed by atoms with van der Waals surface area (Å²) in [5, 5.41) is 2.04. The van der Waals surface area contributed by atoms with Gasteiger partial charge in [-0.05, 0) is 62.2 Å². The molecule has 1 N–H and O–H groups in total. The van der Waals surface area contributed by atoms with Gasteiger partial charge in [-0.2, -0.15) is 0 Å². The zero-order valence-corrected chi connectivity index (χ0v) is 19.4. The van der Waals surface area contributed by atoms with Crippen molar-refractivity contribution in [2.45, 2.75) is 57.3 Å². The first-order valence-electron chi connectivity index (χ1n) is 10.7. The first kappa shape index (κ1) is 23.8. The lowest BCUT2D eigenvalue weighted by molar-refractivity contribution is -0.148. The van der Waals surface area contributed by atoms with Crippen LogP contribution >= 0.6 is 11.8 Å². The molecule has 2 heterocycles. The van der Waals surface area contributed by atoms with Crippen molar-refractivity contribution in [1.29, 1.82) is 0 Å². The Labute approximate surface area is 192 Å². The van der Waals surface area contributed by atoms with E-state index in [0.717, 1.165) is 40.8 Å². The van der Waals surface area contributed by atoms with Gasteiger partial charge >= 0.3 is 5.97 Å². The van der Waals surface area contributed by atoms with Crippen LogP contribution in [0.3, 0.4) is 0 Å². The molecule has 3 rings (SSSR count). The molecule has 1 aliphatic heterocycles. The lowest BCUT2D eigenvalue weighted by Crippen LogP contribution is -2.35. The Hall–Kier alpha value is -2.87. The van der Waals surface area contributed by atoms with E-state index in [1.54, 1.807) is 13.1 Å². The van der Waals surface area contributed by atoms with E-state index in [4.69, 9.17) is 9.47 Å². The van der Waals surface area contributed by atoms with Crippen LogP contribution in [-0.2, 0) is 27.2 Å². The molecule has 32 heavy (non-hydrogen) atoms. The van der Waals surface area contributed by atoms with Gasteiger partial charge in [0.15, 0.2) is 0 Å². The van der Waals surface area contributed by atoms with Crippen molar-refractivity contribution in [3.63, 3.8) is 0 Å². The second-order valence-corrected chi connectivity index (χ2v) is 9.43. The number of benzene rings is 1. The number of nitrogens with one attached hydrogen (secondary N) is 1. The van der Waals surface area contributed by atoms with Crippen LogP contribution in [0.2, 0.25) is 0 Å². The zero-order valence-electron chi connectivity index (χ0n) is 18.6. The van der Waals surface area contributed by atoms with E-state index >= 15 is 0 Å². The van der Waals surface area contributed by atoms with Gasteiger partial charge in [-0.25, -0.2) is 0 Å². The maximum Gasteiger partial charge on any atom is 0.306 e. The highest BCUT2D eigenvalue weighted by atomic mass is 32.2. The predicted octanol–water partition coefficient (Wildman–Crippen LogP) is 4.39. The van der Waals surface area contributed by atoms with E-state index in [2.05, 4.69) is 10.3 Å². The van der Waals surface area contributed by atoms with Crippen LogP contribution in [0.15, 0.2) is 42.6 Å². The van der Waals surface area contributed by atoms with Gasteiger partial charge < -0.3 is 9.47 Å². The fraction of sp³-hybridized carbons (Fsp3) is 0.417. The monoisotopic (exact) mass is 456 g/mol. The average Bonchev–Trinajstić information content (AvgIpc) is 3.00. The van der Waals surface area contributed by atoms with E-state index < -0.39 is 4.75 Å². The van der Waals surface area contributed by atoms with Crippen LogP contribution in [0.5, 0.6) is 5.75 Å². The van der Waals surface area contributed by atoms with E-state index in [9.17, 15) is 14.4 Å². The van der Waals surface area contributed by atoms with Gasteiger partial charge in [-0.3, -0.25) is 24.7 Å². The molecule has 0 spiro atoms. The zero-order chi connectivity index (χ0) is 23.1. The Morgan fingerprint density at radius 2 is 1.94 bits per heavy atom. The highest BCUT2D eigenvalue weighted by molar-refractivity contribution is 8.16. The minimum atomic E-state index is -0.775. The number of rotatable bonds is 10. The summed E-state index contributed by atoms with van der Waals surface area (Å²) in [7, 11) is 0. The van der Waals surface area contributed by atoms with Gasteiger partial charge in [0.2, 0.25) is 5.91 Å². The third-order valence-corrected chi connectivity index (χ3v) is 6.25. The van der Waals surface area contributed by atoms with Gasteiger partial charge in [-0.15, -0.1) is 0 Å². The van der Waals surface area contributed by atoms with Crippen LogP contribution in [0.4, 0.5) is 4.79 Å². The molecule has 170 valence electrons. The number of carbonyl (C=O) groups excluding carboxylic acids is 3. The number of amides is 2. The van der Waals surface area contributed by atoms with Crippen molar-refractivity contribution in [3.8, 4) is 5.75 Å². The number of hydrogen-bond acceptors (Lipinski definition) is 7. The van der Waals surface area contributed by atoms with E-state index in [1.807, 2.05) is 50.2 Å². The molecule has 1 unspecified atom stereocenters. The maximum atomic E-state index is 12.0. The number of aromatic nitrogens is 1. The Kier molecular flexibility index (Phi) is 7.90. The Bertz CT molecular complexity index is 961. The molecule has 7 nitrogen and oxygen atoms in total. The molecule has 1 aromatic carbocycles. The smallest absolute Gasteiger partial charge is 0.306 e. The minimum absolute atomic E-state index is 0.198.